The van der Waals surface area contributed by atoms with E-state index in [1.807, 2.05) is 0 Å². The molecule has 7 heteroatoms. The molecule has 126 valence electrons. The Morgan fingerprint density at radius 1 is 1.35 bits per heavy atom. The van der Waals surface area contributed by atoms with Crippen LogP contribution in [0, 0.1) is 17.6 Å². The first-order valence-corrected chi connectivity index (χ1v) is 7.70. The van der Waals surface area contributed by atoms with Crippen LogP contribution in [0.25, 0.3) is 0 Å². The fourth-order valence-electron chi connectivity index (χ4n) is 2.70. The third-order valence-electron chi connectivity index (χ3n) is 3.95. The number of rotatable bonds is 5. The van der Waals surface area contributed by atoms with Gasteiger partial charge in [0.1, 0.15) is 11.6 Å². The smallest absolute Gasteiger partial charge is 0.227 e. The summed E-state index contributed by atoms with van der Waals surface area (Å²) >= 11 is 0. The molecule has 5 nitrogen and oxygen atoms in total. The standard InChI is InChI=1S/C16H21F2N3O2/c17-13-4-3-11(14(18)9-13)8-15(22)21-7-1-2-12(10-21)16(23)20-6-5-19/h3-4,9,12H,1-2,5-8,10,19H2,(H,20,23). The topological polar surface area (TPSA) is 75.4 Å². The van der Waals surface area contributed by atoms with E-state index in [9.17, 15) is 18.4 Å². The maximum atomic E-state index is 13.6. The molecule has 1 aliphatic rings. The molecule has 0 aromatic heterocycles. The Bertz CT molecular complexity index is 580. The number of hydrogen-bond donors (Lipinski definition) is 2. The van der Waals surface area contributed by atoms with Gasteiger partial charge in [-0.25, -0.2) is 8.78 Å². The number of benzene rings is 1. The molecule has 2 rings (SSSR count). The SMILES string of the molecule is NCCNC(=O)C1CCCN(C(=O)Cc2ccc(F)cc2F)C1. The predicted molar refractivity (Wildman–Crippen MR) is 81.4 cm³/mol. The van der Waals surface area contributed by atoms with Gasteiger partial charge in [0.25, 0.3) is 0 Å². The van der Waals surface area contributed by atoms with Gasteiger partial charge < -0.3 is 16.0 Å². The molecule has 3 N–H and O–H groups in total. The minimum Gasteiger partial charge on any atom is -0.355 e. The van der Waals surface area contributed by atoms with Gasteiger partial charge in [-0.3, -0.25) is 9.59 Å². The summed E-state index contributed by atoms with van der Waals surface area (Å²) in [5.41, 5.74) is 5.51. The van der Waals surface area contributed by atoms with Gasteiger partial charge in [0.05, 0.1) is 12.3 Å². The predicted octanol–water partition coefficient (Wildman–Crippen LogP) is 0.821. The van der Waals surface area contributed by atoms with E-state index in [1.54, 1.807) is 4.90 Å². The molecule has 1 heterocycles. The summed E-state index contributed by atoms with van der Waals surface area (Å²) in [6.07, 6.45) is 1.30. The fourth-order valence-corrected chi connectivity index (χ4v) is 2.70. The number of likely N-dealkylation sites (tertiary alicyclic amines) is 1. The summed E-state index contributed by atoms with van der Waals surface area (Å²) in [4.78, 5) is 25.8. The molecule has 1 aliphatic heterocycles. The number of carbonyl (C=O) groups is 2. The third-order valence-corrected chi connectivity index (χ3v) is 3.95. The van der Waals surface area contributed by atoms with E-state index in [0.717, 1.165) is 18.6 Å². The first kappa shape index (κ1) is 17.3. The number of amides is 2. The Morgan fingerprint density at radius 3 is 2.83 bits per heavy atom. The first-order valence-electron chi connectivity index (χ1n) is 7.70. The third kappa shape index (κ3) is 4.72. The summed E-state index contributed by atoms with van der Waals surface area (Å²) in [7, 11) is 0. The summed E-state index contributed by atoms with van der Waals surface area (Å²) in [5.74, 6) is -2.04. The Kier molecular flexibility index (Phi) is 6.04. The molecule has 0 spiro atoms. The molecule has 1 aromatic carbocycles. The highest BCUT2D eigenvalue weighted by atomic mass is 19.1. The zero-order valence-corrected chi connectivity index (χ0v) is 12.9. The van der Waals surface area contributed by atoms with Crippen molar-refractivity contribution in [2.45, 2.75) is 19.3 Å². The highest BCUT2D eigenvalue weighted by Gasteiger charge is 2.28. The van der Waals surface area contributed by atoms with E-state index < -0.39 is 11.6 Å². The molecule has 0 bridgehead atoms. The second-order valence-corrected chi connectivity index (χ2v) is 5.67. The number of piperidine rings is 1. The van der Waals surface area contributed by atoms with Crippen LogP contribution in [0.5, 0.6) is 0 Å². The van der Waals surface area contributed by atoms with Gasteiger partial charge in [-0.2, -0.15) is 0 Å². The van der Waals surface area contributed by atoms with Crippen LogP contribution in [0.4, 0.5) is 8.78 Å². The maximum absolute atomic E-state index is 13.6. The molecule has 0 saturated carbocycles. The van der Waals surface area contributed by atoms with Gasteiger partial charge in [-0.05, 0) is 24.5 Å². The van der Waals surface area contributed by atoms with Crippen LogP contribution in [0.2, 0.25) is 0 Å². The Labute approximate surface area is 133 Å². The molecule has 1 aromatic rings. The lowest BCUT2D eigenvalue weighted by atomic mass is 9.96. The molecular formula is C16H21F2N3O2. The van der Waals surface area contributed by atoms with Gasteiger partial charge >= 0.3 is 0 Å². The Hall–Kier alpha value is -2.02. The lowest BCUT2D eigenvalue weighted by molar-refractivity contribution is -0.135. The second-order valence-electron chi connectivity index (χ2n) is 5.67. The summed E-state index contributed by atoms with van der Waals surface area (Å²) in [6.45, 7) is 1.63. The fraction of sp³-hybridized carbons (Fsp3) is 0.500. The van der Waals surface area contributed by atoms with Crippen molar-refractivity contribution in [2.75, 3.05) is 26.2 Å². The van der Waals surface area contributed by atoms with Crippen molar-refractivity contribution < 1.29 is 18.4 Å². The molecular weight excluding hydrogens is 304 g/mol. The maximum Gasteiger partial charge on any atom is 0.227 e. The summed E-state index contributed by atoms with van der Waals surface area (Å²) in [6, 6.07) is 3.17. The number of hydrogen-bond acceptors (Lipinski definition) is 3. The second kappa shape index (κ2) is 8.01. The van der Waals surface area contributed by atoms with Crippen molar-refractivity contribution in [3.8, 4) is 0 Å². The van der Waals surface area contributed by atoms with Crippen LogP contribution >= 0.6 is 0 Å². The van der Waals surface area contributed by atoms with Gasteiger partial charge in [-0.1, -0.05) is 6.07 Å². The minimum absolute atomic E-state index is 0.110. The molecule has 0 radical (unpaired) electrons. The van der Waals surface area contributed by atoms with E-state index in [2.05, 4.69) is 5.32 Å². The van der Waals surface area contributed by atoms with Crippen LogP contribution in [-0.4, -0.2) is 42.9 Å². The number of halogens is 2. The molecule has 1 fully saturated rings. The Morgan fingerprint density at radius 2 is 2.13 bits per heavy atom. The minimum atomic E-state index is -0.729. The molecule has 2 amide bonds. The number of carbonyl (C=O) groups excluding carboxylic acids is 2. The zero-order valence-electron chi connectivity index (χ0n) is 12.9. The van der Waals surface area contributed by atoms with Gasteiger partial charge in [-0.15, -0.1) is 0 Å². The highest BCUT2D eigenvalue weighted by molar-refractivity contribution is 5.82. The normalized spacial score (nSPS) is 17.9. The Balaban J connectivity index is 1.95. The van der Waals surface area contributed by atoms with E-state index >= 15 is 0 Å². The largest absolute Gasteiger partial charge is 0.355 e. The van der Waals surface area contributed by atoms with Crippen molar-refractivity contribution in [3.63, 3.8) is 0 Å². The van der Waals surface area contributed by atoms with E-state index in [0.29, 0.717) is 32.6 Å². The summed E-state index contributed by atoms with van der Waals surface area (Å²) in [5, 5.41) is 2.72. The average molecular weight is 325 g/mol. The van der Waals surface area contributed by atoms with E-state index in [-0.39, 0.29) is 29.7 Å². The van der Waals surface area contributed by atoms with Crippen molar-refractivity contribution in [2.24, 2.45) is 11.7 Å². The van der Waals surface area contributed by atoms with Crippen LogP contribution in [0.15, 0.2) is 18.2 Å². The van der Waals surface area contributed by atoms with Crippen molar-refractivity contribution in [3.05, 3.63) is 35.4 Å². The van der Waals surface area contributed by atoms with Gasteiger partial charge in [0.2, 0.25) is 11.8 Å². The lowest BCUT2D eigenvalue weighted by Gasteiger charge is -2.32. The zero-order chi connectivity index (χ0) is 16.8. The molecule has 1 saturated heterocycles. The molecule has 0 aliphatic carbocycles. The molecule has 23 heavy (non-hydrogen) atoms. The van der Waals surface area contributed by atoms with Crippen LogP contribution in [0.1, 0.15) is 18.4 Å². The van der Waals surface area contributed by atoms with Crippen molar-refractivity contribution in [1.82, 2.24) is 10.2 Å². The van der Waals surface area contributed by atoms with Crippen LogP contribution in [-0.2, 0) is 16.0 Å². The van der Waals surface area contributed by atoms with Crippen molar-refractivity contribution >= 4 is 11.8 Å². The van der Waals surface area contributed by atoms with Gasteiger partial charge in [0, 0.05) is 32.2 Å². The number of nitrogens with zero attached hydrogens (tertiary/aromatic N) is 1. The average Bonchev–Trinajstić information content (AvgIpc) is 2.55. The monoisotopic (exact) mass is 325 g/mol. The van der Waals surface area contributed by atoms with E-state index in [4.69, 9.17) is 5.73 Å². The summed E-state index contributed by atoms with van der Waals surface area (Å²) < 4.78 is 26.5. The molecule has 1 atom stereocenters. The van der Waals surface area contributed by atoms with Crippen molar-refractivity contribution in [1.29, 1.82) is 0 Å². The molecule has 1 unspecified atom stereocenters. The lowest BCUT2D eigenvalue weighted by Crippen LogP contribution is -2.46. The van der Waals surface area contributed by atoms with Crippen LogP contribution in [0.3, 0.4) is 0 Å². The van der Waals surface area contributed by atoms with E-state index in [1.165, 1.54) is 6.07 Å². The highest BCUT2D eigenvalue weighted by Crippen LogP contribution is 2.18. The first-order chi connectivity index (χ1) is 11.0. The number of nitrogens with one attached hydrogen (secondary N) is 1. The number of nitrogens with two attached hydrogens (primary N) is 1. The quantitative estimate of drug-likeness (QED) is 0.842. The van der Waals surface area contributed by atoms with Crippen LogP contribution < -0.4 is 11.1 Å². The van der Waals surface area contributed by atoms with Gasteiger partial charge in [0.15, 0.2) is 0 Å².